The van der Waals surface area contributed by atoms with Crippen molar-refractivity contribution in [1.82, 2.24) is 10.2 Å². The molecule has 0 unspecified atom stereocenters. The van der Waals surface area contributed by atoms with E-state index in [0.717, 1.165) is 10.5 Å². The fourth-order valence-corrected chi connectivity index (χ4v) is 3.30. The first-order chi connectivity index (χ1) is 15.9. The third kappa shape index (κ3) is 5.07. The number of carbonyl (C=O) groups is 3. The second-order valence-electron chi connectivity index (χ2n) is 7.09. The summed E-state index contributed by atoms with van der Waals surface area (Å²) in [4.78, 5) is 37.7. The van der Waals surface area contributed by atoms with Crippen LogP contribution in [-0.4, -0.2) is 29.9 Å². The van der Waals surface area contributed by atoms with Crippen molar-refractivity contribution in [3.05, 3.63) is 94.0 Å². The molecule has 0 spiro atoms. The molecule has 168 valence electrons. The smallest absolute Gasteiger partial charge is 0.373 e. The number of hydrogen-bond donors (Lipinski definition) is 1. The van der Waals surface area contributed by atoms with E-state index in [0.29, 0.717) is 22.9 Å². The summed E-state index contributed by atoms with van der Waals surface area (Å²) in [6.07, 6.45) is 1.56. The molecular formula is C24H19ClN2O6. The van der Waals surface area contributed by atoms with Gasteiger partial charge in [0.05, 0.1) is 13.7 Å². The van der Waals surface area contributed by atoms with E-state index < -0.39 is 17.9 Å². The summed E-state index contributed by atoms with van der Waals surface area (Å²) in [5, 5.41) is 3.20. The van der Waals surface area contributed by atoms with Crippen molar-refractivity contribution in [3.8, 4) is 5.75 Å². The maximum Gasteiger partial charge on any atom is 0.373 e. The van der Waals surface area contributed by atoms with Crippen LogP contribution in [0.25, 0.3) is 6.08 Å². The van der Waals surface area contributed by atoms with Crippen LogP contribution in [0.3, 0.4) is 0 Å². The Hall–Kier alpha value is -4.04. The van der Waals surface area contributed by atoms with Crippen molar-refractivity contribution in [2.24, 2.45) is 0 Å². The maximum absolute atomic E-state index is 12.8. The van der Waals surface area contributed by atoms with Crippen molar-refractivity contribution in [2.75, 3.05) is 7.11 Å². The van der Waals surface area contributed by atoms with Gasteiger partial charge in [-0.15, -0.1) is 0 Å². The van der Waals surface area contributed by atoms with Crippen LogP contribution < -0.4 is 10.1 Å². The predicted molar refractivity (Wildman–Crippen MR) is 119 cm³/mol. The second-order valence-corrected chi connectivity index (χ2v) is 7.53. The summed E-state index contributed by atoms with van der Waals surface area (Å²) in [5.74, 6) is -0.360. The topological polar surface area (TPSA) is 98.1 Å². The quantitative estimate of drug-likeness (QED) is 0.315. The lowest BCUT2D eigenvalue weighted by atomic mass is 10.1. The van der Waals surface area contributed by atoms with Gasteiger partial charge in [0.1, 0.15) is 23.8 Å². The Morgan fingerprint density at radius 2 is 1.85 bits per heavy atom. The fourth-order valence-electron chi connectivity index (χ4n) is 3.17. The Balaban J connectivity index is 1.48. The Labute approximate surface area is 194 Å². The molecule has 3 amide bonds. The van der Waals surface area contributed by atoms with E-state index in [1.807, 2.05) is 18.2 Å². The van der Waals surface area contributed by atoms with Crippen molar-refractivity contribution in [1.29, 1.82) is 0 Å². The number of rotatable bonds is 7. The SMILES string of the molecule is COC(=O)c1ccc(CN2C(=O)NC(=Cc3ccccc3OCc3ccc(Cl)cc3)C2=O)o1. The van der Waals surface area contributed by atoms with Crippen LogP contribution in [0.2, 0.25) is 5.02 Å². The Bertz CT molecular complexity index is 1230. The molecular weight excluding hydrogens is 448 g/mol. The molecule has 0 atom stereocenters. The molecule has 0 bridgehead atoms. The average molecular weight is 467 g/mol. The van der Waals surface area contributed by atoms with E-state index in [1.165, 1.54) is 19.2 Å². The van der Waals surface area contributed by atoms with Crippen molar-refractivity contribution >= 4 is 35.6 Å². The molecule has 1 aliphatic rings. The number of urea groups is 1. The van der Waals surface area contributed by atoms with Crippen molar-refractivity contribution in [2.45, 2.75) is 13.2 Å². The molecule has 3 aromatic rings. The van der Waals surface area contributed by atoms with Crippen LogP contribution in [0.5, 0.6) is 5.75 Å². The number of furan rings is 1. The molecule has 1 N–H and O–H groups in total. The van der Waals surface area contributed by atoms with Gasteiger partial charge in [0.25, 0.3) is 5.91 Å². The van der Waals surface area contributed by atoms with Crippen LogP contribution >= 0.6 is 11.6 Å². The molecule has 1 saturated heterocycles. The summed E-state index contributed by atoms with van der Waals surface area (Å²) in [6.45, 7) is 0.179. The molecule has 33 heavy (non-hydrogen) atoms. The van der Waals surface area contributed by atoms with Gasteiger partial charge in [-0.1, -0.05) is 41.9 Å². The number of para-hydroxylation sites is 1. The molecule has 9 heteroatoms. The van der Waals surface area contributed by atoms with Crippen LogP contribution in [-0.2, 0) is 22.7 Å². The van der Waals surface area contributed by atoms with Gasteiger partial charge in [0, 0.05) is 10.6 Å². The van der Waals surface area contributed by atoms with E-state index >= 15 is 0 Å². The zero-order chi connectivity index (χ0) is 23.4. The molecule has 1 fully saturated rings. The normalized spacial score (nSPS) is 14.5. The minimum atomic E-state index is -0.644. The lowest BCUT2D eigenvalue weighted by molar-refractivity contribution is -0.123. The zero-order valence-electron chi connectivity index (χ0n) is 17.5. The number of hydrogen-bond acceptors (Lipinski definition) is 6. The highest BCUT2D eigenvalue weighted by Crippen LogP contribution is 2.25. The third-order valence-corrected chi connectivity index (χ3v) is 5.10. The van der Waals surface area contributed by atoms with Gasteiger partial charge in [-0.05, 0) is 42.0 Å². The molecule has 0 radical (unpaired) electrons. The predicted octanol–water partition coefficient (Wildman–Crippen LogP) is 4.39. The highest BCUT2D eigenvalue weighted by molar-refractivity contribution is 6.30. The number of imide groups is 1. The molecule has 1 aromatic heterocycles. The van der Waals surface area contributed by atoms with E-state index in [4.69, 9.17) is 20.8 Å². The maximum atomic E-state index is 12.8. The molecule has 0 saturated carbocycles. The molecule has 8 nitrogen and oxygen atoms in total. The monoisotopic (exact) mass is 466 g/mol. The van der Waals surface area contributed by atoms with Gasteiger partial charge in [0.2, 0.25) is 5.76 Å². The lowest BCUT2D eigenvalue weighted by Crippen LogP contribution is -2.30. The van der Waals surface area contributed by atoms with Crippen molar-refractivity contribution in [3.63, 3.8) is 0 Å². The fraction of sp³-hybridized carbons (Fsp3) is 0.125. The number of amides is 3. The van der Waals surface area contributed by atoms with Crippen LogP contribution in [0.15, 0.2) is 70.8 Å². The van der Waals surface area contributed by atoms with E-state index in [1.54, 1.807) is 36.4 Å². The largest absolute Gasteiger partial charge is 0.488 e. The average Bonchev–Trinajstić information content (AvgIpc) is 3.39. The minimum Gasteiger partial charge on any atom is -0.488 e. The molecule has 2 heterocycles. The number of nitrogens with zero attached hydrogens (tertiary/aromatic N) is 1. The molecule has 4 rings (SSSR count). The minimum absolute atomic E-state index is 0.0120. The number of nitrogens with one attached hydrogen (secondary N) is 1. The highest BCUT2D eigenvalue weighted by atomic mass is 35.5. The van der Waals surface area contributed by atoms with Crippen molar-refractivity contribution < 1.29 is 28.3 Å². The Morgan fingerprint density at radius 1 is 1.09 bits per heavy atom. The van der Waals surface area contributed by atoms with Crippen LogP contribution in [0.4, 0.5) is 4.79 Å². The lowest BCUT2D eigenvalue weighted by Gasteiger charge is -2.10. The highest BCUT2D eigenvalue weighted by Gasteiger charge is 2.34. The van der Waals surface area contributed by atoms with Crippen LogP contribution in [0, 0.1) is 0 Å². The summed E-state index contributed by atoms with van der Waals surface area (Å²) in [5.41, 5.74) is 1.66. The zero-order valence-corrected chi connectivity index (χ0v) is 18.3. The van der Waals surface area contributed by atoms with Gasteiger partial charge < -0.3 is 19.2 Å². The van der Waals surface area contributed by atoms with Crippen LogP contribution in [0.1, 0.15) is 27.4 Å². The molecule has 1 aliphatic heterocycles. The molecule has 0 aliphatic carbocycles. The number of carbonyl (C=O) groups excluding carboxylic acids is 3. The first-order valence-electron chi connectivity index (χ1n) is 9.92. The number of benzene rings is 2. The van der Waals surface area contributed by atoms with Gasteiger partial charge in [0.15, 0.2) is 0 Å². The number of methoxy groups -OCH3 is 1. The standard InChI is InChI=1S/C24H19ClN2O6/c1-31-23(29)21-11-10-18(33-21)13-27-22(28)19(26-24(27)30)12-16-4-2-3-5-20(16)32-14-15-6-8-17(25)9-7-15/h2-12H,13-14H2,1H3,(H,26,30). The Kier molecular flexibility index (Phi) is 6.46. The molecule has 2 aromatic carbocycles. The van der Waals surface area contributed by atoms with E-state index in [-0.39, 0.29) is 23.8 Å². The number of ether oxygens (including phenoxy) is 2. The summed E-state index contributed by atoms with van der Waals surface area (Å²) < 4.78 is 15.9. The number of halogens is 1. The van der Waals surface area contributed by atoms with E-state index in [9.17, 15) is 14.4 Å². The summed E-state index contributed by atoms with van der Waals surface area (Å²) >= 11 is 5.91. The number of esters is 1. The van der Waals surface area contributed by atoms with Gasteiger partial charge in [-0.2, -0.15) is 0 Å². The summed E-state index contributed by atoms with van der Waals surface area (Å²) in [7, 11) is 1.23. The summed E-state index contributed by atoms with van der Waals surface area (Å²) in [6, 6.07) is 16.8. The Morgan fingerprint density at radius 3 is 2.61 bits per heavy atom. The van der Waals surface area contributed by atoms with Gasteiger partial charge >= 0.3 is 12.0 Å². The first kappa shape index (κ1) is 22.2. The third-order valence-electron chi connectivity index (χ3n) is 4.85. The first-order valence-corrected chi connectivity index (χ1v) is 10.3. The van der Waals surface area contributed by atoms with Gasteiger partial charge in [-0.25, -0.2) is 9.59 Å². The van der Waals surface area contributed by atoms with E-state index in [2.05, 4.69) is 10.1 Å². The van der Waals surface area contributed by atoms with Gasteiger partial charge in [-0.3, -0.25) is 9.69 Å². The second kappa shape index (κ2) is 9.62.